The van der Waals surface area contributed by atoms with Gasteiger partial charge in [0.05, 0.1) is 24.2 Å². The molecule has 3 heterocycles. The second-order valence-electron chi connectivity index (χ2n) is 6.16. The molecule has 0 saturated carbocycles. The molecule has 4 aromatic rings. The fraction of sp³-hybridized carbons (Fsp3) is 0.167. The number of fused-ring (bicyclic) bond motifs is 1. The third-order valence-electron chi connectivity index (χ3n) is 4.27. The van der Waals surface area contributed by atoms with Gasteiger partial charge in [-0.25, -0.2) is 22.8 Å². The first kappa shape index (κ1) is 18.3. The highest BCUT2D eigenvalue weighted by atomic mass is 32.2. The van der Waals surface area contributed by atoms with Crippen molar-refractivity contribution in [2.45, 2.75) is 11.4 Å². The maximum Gasteiger partial charge on any atom is 0.240 e. The van der Waals surface area contributed by atoms with Gasteiger partial charge in [0.2, 0.25) is 10.0 Å². The van der Waals surface area contributed by atoms with Crippen molar-refractivity contribution in [1.82, 2.24) is 29.7 Å². The first-order chi connectivity index (χ1) is 13.6. The van der Waals surface area contributed by atoms with E-state index in [0.29, 0.717) is 6.54 Å². The molecular formula is C18H18N6O3S. The molecule has 0 bridgehead atoms. The fourth-order valence-corrected chi connectivity index (χ4v) is 4.01. The van der Waals surface area contributed by atoms with E-state index in [-0.39, 0.29) is 18.0 Å². The van der Waals surface area contributed by atoms with Crippen molar-refractivity contribution in [3.05, 3.63) is 60.7 Å². The largest absolute Gasteiger partial charge is 0.395 e. The Kier molecular flexibility index (Phi) is 4.90. The van der Waals surface area contributed by atoms with Crippen molar-refractivity contribution in [2.75, 3.05) is 13.2 Å². The van der Waals surface area contributed by atoms with E-state index in [4.69, 9.17) is 5.11 Å². The van der Waals surface area contributed by atoms with E-state index in [0.717, 1.165) is 27.9 Å². The molecule has 3 aromatic heterocycles. The number of hydrogen-bond donors (Lipinski definition) is 3. The van der Waals surface area contributed by atoms with Crippen molar-refractivity contribution in [2.24, 2.45) is 0 Å². The van der Waals surface area contributed by atoms with Crippen molar-refractivity contribution in [1.29, 1.82) is 0 Å². The maximum absolute atomic E-state index is 12.2. The molecule has 28 heavy (non-hydrogen) atoms. The quantitative estimate of drug-likeness (QED) is 0.429. The van der Waals surface area contributed by atoms with Crippen molar-refractivity contribution < 1.29 is 13.5 Å². The summed E-state index contributed by atoms with van der Waals surface area (Å²) in [6, 6.07) is 10.5. The van der Waals surface area contributed by atoms with Crippen LogP contribution in [0.1, 0.15) is 5.69 Å². The van der Waals surface area contributed by atoms with Crippen LogP contribution in [-0.2, 0) is 16.6 Å². The standard InChI is InChI=1S/C18H18N6O3S/c25-10-8-21-28(26,27)15-3-1-13(2-4-15)16-5-6-19-18-17(16)11-14(22-18)12-24-9-7-20-23-24/h1-7,9,11,21,25H,8,10,12H2,(H,19,22). The highest BCUT2D eigenvalue weighted by Crippen LogP contribution is 2.29. The first-order valence-corrected chi connectivity index (χ1v) is 10.1. The molecule has 0 amide bonds. The highest BCUT2D eigenvalue weighted by Gasteiger charge is 2.14. The van der Waals surface area contributed by atoms with Gasteiger partial charge in [0.25, 0.3) is 0 Å². The molecule has 144 valence electrons. The lowest BCUT2D eigenvalue weighted by Crippen LogP contribution is -2.26. The first-order valence-electron chi connectivity index (χ1n) is 8.58. The van der Waals surface area contributed by atoms with E-state index >= 15 is 0 Å². The minimum absolute atomic E-state index is 0.0209. The smallest absolute Gasteiger partial charge is 0.240 e. The number of aliphatic hydroxyl groups excluding tert-OH is 1. The molecule has 0 unspecified atom stereocenters. The van der Waals surface area contributed by atoms with Gasteiger partial charge < -0.3 is 10.1 Å². The predicted molar refractivity (Wildman–Crippen MR) is 103 cm³/mol. The SMILES string of the molecule is O=S(=O)(NCCO)c1ccc(-c2ccnc3[nH]c(Cn4ccnn4)cc23)cc1. The molecule has 1 aromatic carbocycles. The highest BCUT2D eigenvalue weighted by molar-refractivity contribution is 7.89. The van der Waals surface area contributed by atoms with Crippen LogP contribution in [0.5, 0.6) is 0 Å². The van der Waals surface area contributed by atoms with Gasteiger partial charge in [-0.2, -0.15) is 0 Å². The number of aromatic nitrogens is 5. The second-order valence-corrected chi connectivity index (χ2v) is 7.93. The van der Waals surface area contributed by atoms with Gasteiger partial charge in [0, 0.05) is 30.0 Å². The zero-order chi connectivity index (χ0) is 19.6. The Balaban J connectivity index is 1.66. The van der Waals surface area contributed by atoms with E-state index in [1.54, 1.807) is 47.5 Å². The van der Waals surface area contributed by atoms with Gasteiger partial charge in [-0.15, -0.1) is 5.10 Å². The summed E-state index contributed by atoms with van der Waals surface area (Å²) in [6.45, 7) is 0.271. The monoisotopic (exact) mass is 398 g/mol. The molecule has 0 aliphatic rings. The van der Waals surface area contributed by atoms with Crippen molar-refractivity contribution >= 4 is 21.1 Å². The number of rotatable bonds is 7. The van der Waals surface area contributed by atoms with Crippen molar-refractivity contribution in [3.8, 4) is 11.1 Å². The number of nitrogens with zero attached hydrogens (tertiary/aromatic N) is 4. The molecule has 0 aliphatic carbocycles. The number of benzene rings is 1. The molecule has 0 spiro atoms. The van der Waals surface area contributed by atoms with E-state index in [2.05, 4.69) is 25.0 Å². The van der Waals surface area contributed by atoms with Crippen LogP contribution in [0.15, 0.2) is 59.9 Å². The second kappa shape index (κ2) is 7.50. The molecular weight excluding hydrogens is 380 g/mol. The number of aromatic amines is 1. The van der Waals surface area contributed by atoms with Crippen LogP contribution in [0.25, 0.3) is 22.2 Å². The Bertz CT molecular complexity index is 1180. The average molecular weight is 398 g/mol. The molecule has 0 aliphatic heterocycles. The zero-order valence-corrected chi connectivity index (χ0v) is 15.6. The minimum Gasteiger partial charge on any atom is -0.395 e. The van der Waals surface area contributed by atoms with Gasteiger partial charge in [0.15, 0.2) is 0 Å². The van der Waals surface area contributed by atoms with Gasteiger partial charge in [-0.1, -0.05) is 17.3 Å². The van der Waals surface area contributed by atoms with Gasteiger partial charge in [-0.05, 0) is 35.4 Å². The fourth-order valence-electron chi connectivity index (χ4n) is 2.99. The molecule has 10 heteroatoms. The Morgan fingerprint density at radius 1 is 1.14 bits per heavy atom. The van der Waals surface area contributed by atoms with Crippen LogP contribution in [-0.4, -0.2) is 51.6 Å². The molecule has 0 saturated heterocycles. The third-order valence-corrected chi connectivity index (χ3v) is 5.75. The molecule has 3 N–H and O–H groups in total. The summed E-state index contributed by atoms with van der Waals surface area (Å²) in [5.74, 6) is 0. The number of H-pyrrole nitrogens is 1. The van der Waals surface area contributed by atoms with Gasteiger partial charge in [-0.3, -0.25) is 0 Å². The summed E-state index contributed by atoms with van der Waals surface area (Å²) < 4.78 is 28.4. The van der Waals surface area contributed by atoms with Crippen LogP contribution in [0.2, 0.25) is 0 Å². The predicted octanol–water partition coefficient (Wildman–Crippen LogP) is 1.14. The molecule has 0 radical (unpaired) electrons. The topological polar surface area (TPSA) is 126 Å². The molecule has 0 atom stereocenters. The lowest BCUT2D eigenvalue weighted by molar-refractivity contribution is 0.301. The Hall–Kier alpha value is -3.08. The third kappa shape index (κ3) is 3.65. The Labute approximate surface area is 161 Å². The van der Waals surface area contributed by atoms with Crippen LogP contribution in [0.3, 0.4) is 0 Å². The lowest BCUT2D eigenvalue weighted by atomic mass is 10.0. The van der Waals surface area contributed by atoms with Crippen LogP contribution in [0.4, 0.5) is 0 Å². The summed E-state index contributed by atoms with van der Waals surface area (Å²) >= 11 is 0. The summed E-state index contributed by atoms with van der Waals surface area (Å²) in [6.07, 6.45) is 5.11. The lowest BCUT2D eigenvalue weighted by Gasteiger charge is -2.07. The number of nitrogens with one attached hydrogen (secondary N) is 2. The number of pyridine rings is 1. The minimum atomic E-state index is -3.63. The Morgan fingerprint density at radius 3 is 2.68 bits per heavy atom. The number of aliphatic hydroxyl groups is 1. The average Bonchev–Trinajstić information content (AvgIpc) is 3.35. The normalized spacial score (nSPS) is 11.9. The van der Waals surface area contributed by atoms with Gasteiger partial charge >= 0.3 is 0 Å². The van der Waals surface area contributed by atoms with Crippen LogP contribution < -0.4 is 4.72 Å². The summed E-state index contributed by atoms with van der Waals surface area (Å²) in [4.78, 5) is 7.80. The van der Waals surface area contributed by atoms with Crippen molar-refractivity contribution in [3.63, 3.8) is 0 Å². The van der Waals surface area contributed by atoms with Gasteiger partial charge in [0.1, 0.15) is 5.65 Å². The molecule has 4 rings (SSSR count). The molecule has 0 fully saturated rings. The van der Waals surface area contributed by atoms with E-state index in [1.807, 2.05) is 12.1 Å². The summed E-state index contributed by atoms with van der Waals surface area (Å²) in [7, 11) is -3.63. The molecule has 9 nitrogen and oxygen atoms in total. The summed E-state index contributed by atoms with van der Waals surface area (Å²) in [5, 5.41) is 17.5. The van der Waals surface area contributed by atoms with E-state index in [1.165, 1.54) is 0 Å². The zero-order valence-electron chi connectivity index (χ0n) is 14.8. The number of hydrogen-bond acceptors (Lipinski definition) is 6. The van der Waals surface area contributed by atoms with Crippen LogP contribution >= 0.6 is 0 Å². The maximum atomic E-state index is 12.2. The Morgan fingerprint density at radius 2 is 1.96 bits per heavy atom. The summed E-state index contributed by atoms with van der Waals surface area (Å²) in [5.41, 5.74) is 3.50. The number of sulfonamides is 1. The van der Waals surface area contributed by atoms with E-state index < -0.39 is 10.0 Å². The van der Waals surface area contributed by atoms with E-state index in [9.17, 15) is 8.42 Å². The van der Waals surface area contributed by atoms with Crippen LogP contribution in [0, 0.1) is 0 Å².